The summed E-state index contributed by atoms with van der Waals surface area (Å²) in [5.41, 5.74) is 6.86. The number of halogens is 1. The number of ether oxygens (including phenoxy) is 1. The molecule has 0 atom stereocenters. The molecule has 0 aliphatic heterocycles. The average Bonchev–Trinajstić information content (AvgIpc) is 2.41. The van der Waals surface area contributed by atoms with Crippen LogP contribution in [0.4, 0.5) is 4.39 Å². The second-order valence-electron chi connectivity index (χ2n) is 3.66. The van der Waals surface area contributed by atoms with Crippen LogP contribution in [0.15, 0.2) is 54.9 Å². The number of rotatable bonds is 4. The van der Waals surface area contributed by atoms with Gasteiger partial charge in [-0.1, -0.05) is 30.3 Å². The summed E-state index contributed by atoms with van der Waals surface area (Å²) in [5, 5.41) is 0. The number of pyridine rings is 1. The third-order valence-electron chi connectivity index (χ3n) is 2.36. The fourth-order valence-electron chi connectivity index (χ4n) is 1.48. The number of aromatic nitrogens is 1. The molecule has 0 spiro atoms. The van der Waals surface area contributed by atoms with Gasteiger partial charge in [0.05, 0.1) is 0 Å². The monoisotopic (exact) mass is 244 g/mol. The lowest BCUT2D eigenvalue weighted by Gasteiger charge is -2.09. The molecule has 18 heavy (non-hydrogen) atoms. The van der Waals surface area contributed by atoms with Gasteiger partial charge in [-0.2, -0.15) is 0 Å². The first-order valence-electron chi connectivity index (χ1n) is 5.50. The van der Waals surface area contributed by atoms with Gasteiger partial charge in [-0.15, -0.1) is 0 Å². The number of nitrogens with two attached hydrogens (primary N) is 1. The first kappa shape index (κ1) is 12.1. The Morgan fingerprint density at radius 3 is 2.72 bits per heavy atom. The van der Waals surface area contributed by atoms with Gasteiger partial charge in [0, 0.05) is 18.5 Å². The summed E-state index contributed by atoms with van der Waals surface area (Å²) in [6.45, 7) is 0.363. The largest absolute Gasteiger partial charge is 0.485 e. The van der Waals surface area contributed by atoms with Crippen LogP contribution >= 0.6 is 0 Å². The third-order valence-corrected chi connectivity index (χ3v) is 2.36. The van der Waals surface area contributed by atoms with Gasteiger partial charge in [0.2, 0.25) is 0 Å². The Kier molecular flexibility index (Phi) is 3.91. The Balaban J connectivity index is 2.07. The summed E-state index contributed by atoms with van der Waals surface area (Å²) in [4.78, 5) is 4.01. The summed E-state index contributed by atoms with van der Waals surface area (Å²) in [6, 6.07) is 12.2. The lowest BCUT2D eigenvalue weighted by molar-refractivity contribution is 0.262. The van der Waals surface area contributed by atoms with E-state index in [1.54, 1.807) is 0 Å². The Bertz CT molecular complexity index is 541. The highest BCUT2D eigenvalue weighted by Gasteiger charge is 2.05. The molecule has 0 unspecified atom stereocenters. The molecule has 0 radical (unpaired) electrons. The van der Waals surface area contributed by atoms with Crippen LogP contribution in [-0.2, 0) is 11.3 Å². The average molecular weight is 244 g/mol. The lowest BCUT2D eigenvalue weighted by atomic mass is 10.2. The zero-order valence-electron chi connectivity index (χ0n) is 9.71. The van der Waals surface area contributed by atoms with E-state index in [4.69, 9.17) is 10.5 Å². The van der Waals surface area contributed by atoms with Crippen molar-refractivity contribution in [3.05, 3.63) is 71.9 Å². The fraction of sp³-hybridized carbons (Fsp3) is 0.0714. The highest BCUT2D eigenvalue weighted by molar-refractivity contribution is 5.55. The molecule has 1 aromatic heterocycles. The zero-order valence-corrected chi connectivity index (χ0v) is 9.71. The first-order chi connectivity index (χ1) is 8.79. The Hall–Kier alpha value is -2.36. The fourth-order valence-corrected chi connectivity index (χ4v) is 1.48. The van der Waals surface area contributed by atoms with Crippen molar-refractivity contribution in [2.24, 2.45) is 5.73 Å². The number of hydrogen-bond donors (Lipinski definition) is 1. The van der Waals surface area contributed by atoms with Gasteiger partial charge in [0.15, 0.2) is 5.76 Å². The molecule has 0 saturated carbocycles. The molecule has 0 bridgehead atoms. The summed E-state index contributed by atoms with van der Waals surface area (Å²) in [6.07, 6.45) is 2.66. The predicted octanol–water partition coefficient (Wildman–Crippen LogP) is 2.69. The van der Waals surface area contributed by atoms with Crippen molar-refractivity contribution >= 4 is 5.76 Å². The molecule has 0 aliphatic rings. The molecule has 0 saturated heterocycles. The maximum Gasteiger partial charge on any atom is 0.160 e. The van der Waals surface area contributed by atoms with Crippen LogP contribution in [0.25, 0.3) is 5.76 Å². The first-order valence-corrected chi connectivity index (χ1v) is 5.50. The number of hydrogen-bond acceptors (Lipinski definition) is 3. The van der Waals surface area contributed by atoms with Crippen molar-refractivity contribution in [2.45, 2.75) is 6.61 Å². The van der Waals surface area contributed by atoms with E-state index in [0.29, 0.717) is 18.1 Å². The SMILES string of the molecule is NC=C(OCc1ccccc1)c1cc(F)ccn1. The van der Waals surface area contributed by atoms with Crippen molar-refractivity contribution in [1.29, 1.82) is 0 Å². The van der Waals surface area contributed by atoms with Gasteiger partial charge in [-0.05, 0) is 11.6 Å². The summed E-state index contributed by atoms with van der Waals surface area (Å²) in [5.74, 6) is -0.0129. The van der Waals surface area contributed by atoms with E-state index in [0.717, 1.165) is 5.56 Å². The quantitative estimate of drug-likeness (QED) is 0.841. The summed E-state index contributed by atoms with van der Waals surface area (Å²) < 4.78 is 18.6. The highest BCUT2D eigenvalue weighted by atomic mass is 19.1. The van der Waals surface area contributed by atoms with Crippen LogP contribution in [-0.4, -0.2) is 4.98 Å². The topological polar surface area (TPSA) is 48.1 Å². The van der Waals surface area contributed by atoms with Crippen LogP contribution in [0.5, 0.6) is 0 Å². The minimum Gasteiger partial charge on any atom is -0.485 e. The molecule has 0 aliphatic carbocycles. The van der Waals surface area contributed by atoms with E-state index in [1.807, 2.05) is 30.3 Å². The molecule has 0 fully saturated rings. The predicted molar refractivity (Wildman–Crippen MR) is 67.6 cm³/mol. The highest BCUT2D eigenvalue weighted by Crippen LogP contribution is 2.15. The number of benzene rings is 1. The van der Waals surface area contributed by atoms with E-state index < -0.39 is 0 Å². The van der Waals surface area contributed by atoms with Crippen LogP contribution < -0.4 is 5.73 Å². The van der Waals surface area contributed by atoms with Crippen molar-refractivity contribution in [2.75, 3.05) is 0 Å². The van der Waals surface area contributed by atoms with E-state index >= 15 is 0 Å². The van der Waals surface area contributed by atoms with Crippen LogP contribution in [0.1, 0.15) is 11.3 Å². The normalized spacial score (nSPS) is 11.3. The van der Waals surface area contributed by atoms with Crippen LogP contribution in [0, 0.1) is 5.82 Å². The van der Waals surface area contributed by atoms with E-state index in [1.165, 1.54) is 24.5 Å². The molecule has 2 rings (SSSR count). The third kappa shape index (κ3) is 3.07. The molecule has 4 heteroatoms. The van der Waals surface area contributed by atoms with E-state index in [9.17, 15) is 4.39 Å². The van der Waals surface area contributed by atoms with Gasteiger partial charge in [-0.25, -0.2) is 4.39 Å². The van der Waals surface area contributed by atoms with Crippen molar-refractivity contribution in [3.8, 4) is 0 Å². The molecular weight excluding hydrogens is 231 g/mol. The smallest absolute Gasteiger partial charge is 0.160 e. The van der Waals surface area contributed by atoms with Crippen LogP contribution in [0.3, 0.4) is 0 Å². The van der Waals surface area contributed by atoms with Gasteiger partial charge < -0.3 is 10.5 Å². The Morgan fingerprint density at radius 2 is 2.06 bits per heavy atom. The van der Waals surface area contributed by atoms with Gasteiger partial charge >= 0.3 is 0 Å². The summed E-state index contributed by atoms with van der Waals surface area (Å²) in [7, 11) is 0. The van der Waals surface area contributed by atoms with Crippen molar-refractivity contribution in [3.63, 3.8) is 0 Å². The molecule has 2 aromatic rings. The molecular formula is C14H13FN2O. The molecule has 3 nitrogen and oxygen atoms in total. The molecule has 1 aromatic carbocycles. The lowest BCUT2D eigenvalue weighted by Crippen LogP contribution is -1.99. The Labute approximate surface area is 105 Å². The maximum atomic E-state index is 13.1. The maximum absolute atomic E-state index is 13.1. The van der Waals surface area contributed by atoms with Crippen LogP contribution in [0.2, 0.25) is 0 Å². The van der Waals surface area contributed by atoms with Gasteiger partial charge in [0.25, 0.3) is 0 Å². The molecule has 92 valence electrons. The second-order valence-corrected chi connectivity index (χ2v) is 3.66. The minimum absolute atomic E-state index is 0.360. The van der Waals surface area contributed by atoms with Crippen molar-refractivity contribution in [1.82, 2.24) is 4.98 Å². The Morgan fingerprint density at radius 1 is 1.28 bits per heavy atom. The van der Waals surface area contributed by atoms with E-state index in [2.05, 4.69) is 4.98 Å². The standard InChI is InChI=1S/C14H13FN2O/c15-12-6-7-17-13(8-12)14(9-16)18-10-11-4-2-1-3-5-11/h1-9H,10,16H2. The molecule has 0 amide bonds. The van der Waals surface area contributed by atoms with Crippen molar-refractivity contribution < 1.29 is 9.13 Å². The number of nitrogens with zero attached hydrogens (tertiary/aromatic N) is 1. The second kappa shape index (κ2) is 5.82. The van der Waals surface area contributed by atoms with Gasteiger partial charge in [0.1, 0.15) is 18.1 Å². The summed E-state index contributed by atoms with van der Waals surface area (Å²) >= 11 is 0. The van der Waals surface area contributed by atoms with Gasteiger partial charge in [-0.3, -0.25) is 4.98 Å². The zero-order chi connectivity index (χ0) is 12.8. The van der Waals surface area contributed by atoms with E-state index in [-0.39, 0.29) is 5.82 Å². The minimum atomic E-state index is -0.373. The molecule has 1 heterocycles. The molecule has 2 N–H and O–H groups in total.